The minimum atomic E-state index is 1.00. The molecular formula is C11H22S. The summed E-state index contributed by atoms with van der Waals surface area (Å²) in [5.74, 6) is 1.42. The van der Waals surface area contributed by atoms with Gasteiger partial charge in [0.2, 0.25) is 0 Å². The summed E-state index contributed by atoms with van der Waals surface area (Å²) in [6.07, 6.45) is 11.7. The molecule has 0 N–H and O–H groups in total. The first-order chi connectivity index (χ1) is 5.93. The maximum atomic E-state index is 2.30. The molecule has 1 heteroatoms. The lowest BCUT2D eigenvalue weighted by atomic mass is 10.1. The topological polar surface area (TPSA) is 0 Å². The van der Waals surface area contributed by atoms with Crippen LogP contribution in [0.2, 0.25) is 0 Å². The monoisotopic (exact) mass is 186 g/mol. The van der Waals surface area contributed by atoms with Gasteiger partial charge in [0.25, 0.3) is 0 Å². The molecule has 1 saturated heterocycles. The number of hydrogen-bond donors (Lipinski definition) is 0. The lowest BCUT2D eigenvalue weighted by Gasteiger charge is -2.18. The number of thioether (sulfide) groups is 1. The molecule has 0 radical (unpaired) electrons. The van der Waals surface area contributed by atoms with Crippen molar-refractivity contribution in [1.29, 1.82) is 0 Å². The van der Waals surface area contributed by atoms with Crippen molar-refractivity contribution in [3.8, 4) is 0 Å². The summed E-state index contributed by atoms with van der Waals surface area (Å²) < 4.78 is 0. The van der Waals surface area contributed by atoms with E-state index in [2.05, 4.69) is 18.7 Å². The molecule has 0 saturated carbocycles. The van der Waals surface area contributed by atoms with Crippen LogP contribution in [0.1, 0.15) is 58.3 Å². The summed E-state index contributed by atoms with van der Waals surface area (Å²) in [4.78, 5) is 0. The van der Waals surface area contributed by atoms with E-state index in [0.29, 0.717) is 0 Å². The third kappa shape index (κ3) is 4.39. The average Bonchev–Trinajstić information content (AvgIpc) is 2.02. The Morgan fingerprint density at radius 3 is 2.83 bits per heavy atom. The van der Waals surface area contributed by atoms with E-state index in [1.807, 2.05) is 0 Å². The Labute approximate surface area is 81.5 Å². The van der Waals surface area contributed by atoms with Crippen molar-refractivity contribution < 1.29 is 0 Å². The van der Waals surface area contributed by atoms with Crippen molar-refractivity contribution in [3.05, 3.63) is 0 Å². The smallest absolute Gasteiger partial charge is 0.00470 e. The molecule has 0 bridgehead atoms. The molecule has 1 heterocycles. The fraction of sp³-hybridized carbons (Fsp3) is 1.00. The number of unbranched alkanes of at least 4 members (excludes halogenated alkanes) is 1. The molecule has 0 aliphatic carbocycles. The first-order valence-corrected chi connectivity index (χ1v) is 6.60. The van der Waals surface area contributed by atoms with Crippen LogP contribution in [0.25, 0.3) is 0 Å². The lowest BCUT2D eigenvalue weighted by Crippen LogP contribution is -2.06. The maximum absolute atomic E-state index is 2.30. The Balaban J connectivity index is 2.11. The molecule has 0 aromatic rings. The average molecular weight is 186 g/mol. The molecule has 1 unspecified atom stereocenters. The minimum absolute atomic E-state index is 1.00. The van der Waals surface area contributed by atoms with Crippen LogP contribution >= 0.6 is 11.8 Å². The van der Waals surface area contributed by atoms with Gasteiger partial charge in [0, 0.05) is 5.25 Å². The summed E-state index contributed by atoms with van der Waals surface area (Å²) in [5, 5.41) is 1.00. The fourth-order valence-electron chi connectivity index (χ4n) is 1.82. The van der Waals surface area contributed by atoms with Gasteiger partial charge in [-0.15, -0.1) is 0 Å². The molecule has 1 aliphatic heterocycles. The third-order valence-corrected chi connectivity index (χ3v) is 4.12. The zero-order valence-corrected chi connectivity index (χ0v) is 9.17. The van der Waals surface area contributed by atoms with Gasteiger partial charge in [-0.3, -0.25) is 0 Å². The molecule has 72 valence electrons. The fourth-order valence-corrected chi connectivity index (χ4v) is 3.19. The minimum Gasteiger partial charge on any atom is -0.159 e. The highest BCUT2D eigenvalue weighted by molar-refractivity contribution is 7.99. The van der Waals surface area contributed by atoms with Crippen LogP contribution in [0, 0.1) is 0 Å². The van der Waals surface area contributed by atoms with Gasteiger partial charge in [-0.1, -0.05) is 39.0 Å². The van der Waals surface area contributed by atoms with Crippen LogP contribution < -0.4 is 0 Å². The molecule has 1 aliphatic rings. The normalized spacial score (nSPS) is 26.2. The predicted octanol–water partition coefficient (Wildman–Crippen LogP) is 4.24. The second-order valence-corrected chi connectivity index (χ2v) is 5.25. The van der Waals surface area contributed by atoms with E-state index < -0.39 is 0 Å². The summed E-state index contributed by atoms with van der Waals surface area (Å²) >= 11 is 2.24. The molecule has 1 rings (SSSR count). The van der Waals surface area contributed by atoms with Crippen molar-refractivity contribution in [2.45, 2.75) is 63.5 Å². The Bertz CT molecular complexity index is 90.4. The molecule has 0 aromatic heterocycles. The Hall–Kier alpha value is 0.350. The van der Waals surface area contributed by atoms with E-state index in [0.717, 1.165) is 5.25 Å². The summed E-state index contributed by atoms with van der Waals surface area (Å²) in [6, 6.07) is 0. The van der Waals surface area contributed by atoms with Crippen molar-refractivity contribution in [2.24, 2.45) is 0 Å². The van der Waals surface area contributed by atoms with Gasteiger partial charge >= 0.3 is 0 Å². The largest absolute Gasteiger partial charge is 0.159 e. The third-order valence-electron chi connectivity index (χ3n) is 2.65. The molecule has 12 heavy (non-hydrogen) atoms. The van der Waals surface area contributed by atoms with Gasteiger partial charge in [-0.05, 0) is 25.0 Å². The summed E-state index contributed by atoms with van der Waals surface area (Å²) in [5.41, 5.74) is 0. The maximum Gasteiger partial charge on any atom is 0.00470 e. The zero-order valence-electron chi connectivity index (χ0n) is 8.35. The van der Waals surface area contributed by atoms with E-state index >= 15 is 0 Å². The van der Waals surface area contributed by atoms with E-state index in [9.17, 15) is 0 Å². The van der Waals surface area contributed by atoms with Crippen molar-refractivity contribution in [2.75, 3.05) is 5.75 Å². The van der Waals surface area contributed by atoms with Crippen LogP contribution in [-0.4, -0.2) is 11.0 Å². The second-order valence-electron chi connectivity index (χ2n) is 3.84. The Morgan fingerprint density at radius 1 is 1.17 bits per heavy atom. The van der Waals surface area contributed by atoms with Gasteiger partial charge in [-0.2, -0.15) is 11.8 Å². The van der Waals surface area contributed by atoms with Crippen LogP contribution in [0.5, 0.6) is 0 Å². The Kier molecular flexibility index (Phi) is 5.93. The van der Waals surface area contributed by atoms with E-state index in [1.165, 1.54) is 57.1 Å². The molecule has 1 atom stereocenters. The van der Waals surface area contributed by atoms with Crippen molar-refractivity contribution >= 4 is 11.8 Å². The first-order valence-electron chi connectivity index (χ1n) is 5.55. The first kappa shape index (κ1) is 10.4. The van der Waals surface area contributed by atoms with E-state index in [-0.39, 0.29) is 0 Å². The van der Waals surface area contributed by atoms with Crippen molar-refractivity contribution in [1.82, 2.24) is 0 Å². The Morgan fingerprint density at radius 2 is 2.00 bits per heavy atom. The summed E-state index contributed by atoms with van der Waals surface area (Å²) in [6.45, 7) is 2.30. The molecule has 0 aromatic carbocycles. The van der Waals surface area contributed by atoms with Crippen LogP contribution in [-0.2, 0) is 0 Å². The van der Waals surface area contributed by atoms with Gasteiger partial charge in [-0.25, -0.2) is 0 Å². The molecule has 0 spiro atoms. The number of hydrogen-bond acceptors (Lipinski definition) is 1. The highest BCUT2D eigenvalue weighted by Crippen LogP contribution is 2.26. The molecular weight excluding hydrogens is 164 g/mol. The predicted molar refractivity (Wildman–Crippen MR) is 58.9 cm³/mol. The van der Waals surface area contributed by atoms with Crippen LogP contribution in [0.4, 0.5) is 0 Å². The zero-order chi connectivity index (χ0) is 8.65. The SMILES string of the molecule is CCCCC1CCCCCCS1. The quantitative estimate of drug-likeness (QED) is 0.635. The highest BCUT2D eigenvalue weighted by atomic mass is 32.2. The molecule has 0 nitrogen and oxygen atoms in total. The van der Waals surface area contributed by atoms with Gasteiger partial charge in [0.05, 0.1) is 0 Å². The number of rotatable bonds is 3. The second kappa shape index (κ2) is 6.82. The van der Waals surface area contributed by atoms with Crippen LogP contribution in [0.3, 0.4) is 0 Å². The van der Waals surface area contributed by atoms with E-state index in [1.54, 1.807) is 0 Å². The van der Waals surface area contributed by atoms with Gasteiger partial charge in [0.1, 0.15) is 0 Å². The van der Waals surface area contributed by atoms with Gasteiger partial charge in [0.15, 0.2) is 0 Å². The molecule has 0 amide bonds. The van der Waals surface area contributed by atoms with Crippen molar-refractivity contribution in [3.63, 3.8) is 0 Å². The van der Waals surface area contributed by atoms with Gasteiger partial charge < -0.3 is 0 Å². The highest BCUT2D eigenvalue weighted by Gasteiger charge is 2.10. The lowest BCUT2D eigenvalue weighted by molar-refractivity contribution is 0.573. The van der Waals surface area contributed by atoms with E-state index in [4.69, 9.17) is 0 Å². The molecule has 1 fully saturated rings. The van der Waals surface area contributed by atoms with Crippen LogP contribution in [0.15, 0.2) is 0 Å². The standard InChI is InChI=1S/C11H22S/c1-2-3-8-11-9-6-4-5-7-10-12-11/h11H,2-10H2,1H3. The summed E-state index contributed by atoms with van der Waals surface area (Å²) in [7, 11) is 0.